The van der Waals surface area contributed by atoms with Crippen LogP contribution in [0.15, 0.2) is 77.8 Å². The number of aliphatic imine (C=N–C) groups is 1. The Morgan fingerprint density at radius 3 is 1.59 bits per heavy atom. The van der Waals surface area contributed by atoms with E-state index < -0.39 is 0 Å². The number of carbonyl (C=O) groups excluding carboxylic acids is 1. The first kappa shape index (κ1) is 35.3. The van der Waals surface area contributed by atoms with Crippen LogP contribution in [0.1, 0.15) is 145 Å². The first-order valence-electron chi connectivity index (χ1n) is 17.7. The zero-order chi connectivity index (χ0) is 31.1. The Morgan fingerprint density at radius 1 is 0.568 bits per heavy atom. The van der Waals surface area contributed by atoms with Gasteiger partial charge in [0.25, 0.3) is 0 Å². The van der Waals surface area contributed by atoms with Gasteiger partial charge in [-0.1, -0.05) is 147 Å². The van der Waals surface area contributed by atoms with Crippen LogP contribution < -0.4 is 4.74 Å². The van der Waals surface area contributed by atoms with E-state index in [-0.39, 0.29) is 5.78 Å². The zero-order valence-electron chi connectivity index (χ0n) is 27.7. The lowest BCUT2D eigenvalue weighted by molar-refractivity contribution is 0.0979. The van der Waals surface area contributed by atoms with E-state index in [9.17, 15) is 4.79 Å². The minimum absolute atomic E-state index is 0.257. The van der Waals surface area contributed by atoms with Gasteiger partial charge in [-0.25, -0.2) is 0 Å². The lowest BCUT2D eigenvalue weighted by atomic mass is 9.99. The number of unbranched alkanes of at least 4 members (excludes halogenated alkanes) is 15. The fourth-order valence-corrected chi connectivity index (χ4v) is 5.55. The summed E-state index contributed by atoms with van der Waals surface area (Å²) in [6, 6.07) is 24.5. The van der Waals surface area contributed by atoms with E-state index in [1.165, 1.54) is 89.9 Å². The van der Waals surface area contributed by atoms with Crippen LogP contribution in [0.2, 0.25) is 0 Å². The Kier molecular flexibility index (Phi) is 17.9. The maximum absolute atomic E-state index is 12.6. The number of Topliss-reactive ketones (excluding diaryl/α,β-unsaturated/α-hetero) is 1. The molecule has 0 aromatic heterocycles. The summed E-state index contributed by atoms with van der Waals surface area (Å²) >= 11 is 0. The van der Waals surface area contributed by atoms with Crippen LogP contribution in [0.4, 0.5) is 5.69 Å². The van der Waals surface area contributed by atoms with Crippen molar-refractivity contribution in [3.05, 3.63) is 83.9 Å². The smallest absolute Gasteiger partial charge is 0.162 e. The highest BCUT2D eigenvalue weighted by atomic mass is 16.5. The number of ketones is 1. The molecule has 0 saturated carbocycles. The molecule has 0 N–H and O–H groups in total. The molecule has 0 aliphatic rings. The van der Waals surface area contributed by atoms with Gasteiger partial charge in [-0.3, -0.25) is 9.79 Å². The van der Waals surface area contributed by atoms with E-state index in [1.54, 1.807) is 0 Å². The van der Waals surface area contributed by atoms with Gasteiger partial charge in [-0.15, -0.1) is 0 Å². The summed E-state index contributed by atoms with van der Waals surface area (Å²) in [5, 5.41) is 0. The average Bonchev–Trinajstić information content (AvgIpc) is 3.06. The largest absolute Gasteiger partial charge is 0.494 e. The number of nitrogens with zero attached hydrogens (tertiary/aromatic N) is 1. The quantitative estimate of drug-likeness (QED) is 0.0587. The van der Waals surface area contributed by atoms with E-state index in [1.807, 2.05) is 42.6 Å². The van der Waals surface area contributed by atoms with E-state index in [0.29, 0.717) is 6.42 Å². The van der Waals surface area contributed by atoms with Crippen molar-refractivity contribution in [2.45, 2.75) is 129 Å². The lowest BCUT2D eigenvalue weighted by Gasteiger charge is -2.06. The molecule has 0 fully saturated rings. The molecule has 0 atom stereocenters. The van der Waals surface area contributed by atoms with E-state index in [2.05, 4.69) is 55.2 Å². The van der Waals surface area contributed by atoms with E-state index in [0.717, 1.165) is 59.6 Å². The molecule has 3 rings (SSSR count). The number of benzene rings is 3. The molecule has 238 valence electrons. The van der Waals surface area contributed by atoms with Gasteiger partial charge in [0.1, 0.15) is 5.75 Å². The number of rotatable bonds is 24. The molecule has 0 amide bonds. The molecule has 0 spiro atoms. The number of hydrogen-bond acceptors (Lipinski definition) is 3. The van der Waals surface area contributed by atoms with Crippen molar-refractivity contribution >= 4 is 17.7 Å². The highest BCUT2D eigenvalue weighted by Gasteiger charge is 2.07. The van der Waals surface area contributed by atoms with Gasteiger partial charge in [0, 0.05) is 18.2 Å². The molecule has 0 aliphatic heterocycles. The molecule has 3 aromatic carbocycles. The summed E-state index contributed by atoms with van der Waals surface area (Å²) in [6.45, 7) is 5.31. The molecule has 3 aromatic rings. The van der Waals surface area contributed by atoms with Gasteiger partial charge in [0.15, 0.2) is 5.78 Å². The Bertz CT molecular complexity index is 1180. The van der Waals surface area contributed by atoms with Crippen molar-refractivity contribution in [1.29, 1.82) is 0 Å². The molecule has 3 heteroatoms. The van der Waals surface area contributed by atoms with Crippen LogP contribution in [0.3, 0.4) is 0 Å². The van der Waals surface area contributed by atoms with Crippen molar-refractivity contribution in [2.75, 3.05) is 6.61 Å². The molecular weight excluding hydrogens is 538 g/mol. The van der Waals surface area contributed by atoms with Crippen LogP contribution in [0, 0.1) is 0 Å². The fraction of sp³-hybridized carbons (Fsp3) is 0.512. The molecule has 0 unspecified atom stereocenters. The van der Waals surface area contributed by atoms with Gasteiger partial charge in [-0.05, 0) is 65.9 Å². The van der Waals surface area contributed by atoms with Crippen LogP contribution in [0.5, 0.6) is 5.75 Å². The first-order valence-corrected chi connectivity index (χ1v) is 17.7. The number of carbonyl (C=O) groups is 1. The highest BCUT2D eigenvalue weighted by molar-refractivity contribution is 5.96. The van der Waals surface area contributed by atoms with Gasteiger partial charge in [-0.2, -0.15) is 0 Å². The molecule has 0 saturated heterocycles. The SMILES string of the molecule is CCCCCCCCCCCC(=O)c1ccc(-c2ccc(N=Cc3ccc(OCCCCCCCCCC)cc3)cc2)cc1. The minimum atomic E-state index is 0.257. The maximum Gasteiger partial charge on any atom is 0.162 e. The van der Waals surface area contributed by atoms with Gasteiger partial charge in [0.2, 0.25) is 0 Å². The third-order valence-corrected chi connectivity index (χ3v) is 8.42. The van der Waals surface area contributed by atoms with Crippen LogP contribution >= 0.6 is 0 Å². The lowest BCUT2D eigenvalue weighted by Crippen LogP contribution is -1.98. The Labute approximate surface area is 268 Å². The maximum atomic E-state index is 12.6. The Hall–Kier alpha value is -3.20. The molecule has 0 bridgehead atoms. The van der Waals surface area contributed by atoms with Crippen molar-refractivity contribution < 1.29 is 9.53 Å². The van der Waals surface area contributed by atoms with E-state index >= 15 is 0 Å². The third kappa shape index (κ3) is 14.5. The summed E-state index contributed by atoms with van der Waals surface area (Å²) in [5.41, 5.74) is 5.02. The molecular formula is C41H57NO2. The second-order valence-corrected chi connectivity index (χ2v) is 12.3. The van der Waals surface area contributed by atoms with Crippen molar-refractivity contribution in [3.8, 4) is 16.9 Å². The fourth-order valence-electron chi connectivity index (χ4n) is 5.55. The average molecular weight is 596 g/mol. The number of hydrogen-bond donors (Lipinski definition) is 0. The zero-order valence-corrected chi connectivity index (χ0v) is 27.7. The topological polar surface area (TPSA) is 38.7 Å². The third-order valence-electron chi connectivity index (χ3n) is 8.42. The van der Waals surface area contributed by atoms with Crippen molar-refractivity contribution in [2.24, 2.45) is 4.99 Å². The highest BCUT2D eigenvalue weighted by Crippen LogP contribution is 2.24. The predicted octanol–water partition coefficient (Wildman–Crippen LogP) is 12.7. The van der Waals surface area contributed by atoms with Crippen molar-refractivity contribution in [1.82, 2.24) is 0 Å². The van der Waals surface area contributed by atoms with Crippen LogP contribution in [-0.2, 0) is 0 Å². The second-order valence-electron chi connectivity index (χ2n) is 12.3. The number of ether oxygens (including phenoxy) is 1. The van der Waals surface area contributed by atoms with Crippen molar-refractivity contribution in [3.63, 3.8) is 0 Å². The minimum Gasteiger partial charge on any atom is -0.494 e. The standard InChI is InChI=1S/C41H57NO2/c1-3-5-7-9-11-13-14-16-18-20-41(43)38-25-23-36(24-26-38)37-27-29-39(30-28-37)42-34-35-21-31-40(32-22-35)44-33-19-17-15-12-10-8-6-4-2/h21-32,34H,3-20,33H2,1-2H3. The summed E-state index contributed by atoms with van der Waals surface area (Å²) in [4.78, 5) is 17.3. The van der Waals surface area contributed by atoms with Gasteiger partial charge in [0.05, 0.1) is 12.3 Å². The van der Waals surface area contributed by atoms with Gasteiger partial charge >= 0.3 is 0 Å². The molecule has 44 heavy (non-hydrogen) atoms. The molecule has 0 aliphatic carbocycles. The molecule has 0 radical (unpaired) electrons. The summed E-state index contributed by atoms with van der Waals surface area (Å²) in [5.74, 6) is 1.18. The van der Waals surface area contributed by atoms with E-state index in [4.69, 9.17) is 4.74 Å². The summed E-state index contributed by atoms with van der Waals surface area (Å²) in [6.07, 6.45) is 24.5. The van der Waals surface area contributed by atoms with Crippen LogP contribution in [-0.4, -0.2) is 18.6 Å². The normalized spacial score (nSPS) is 11.3. The van der Waals surface area contributed by atoms with Gasteiger partial charge < -0.3 is 4.74 Å². The Balaban J connectivity index is 1.34. The summed E-state index contributed by atoms with van der Waals surface area (Å²) in [7, 11) is 0. The monoisotopic (exact) mass is 595 g/mol. The second kappa shape index (κ2) is 22.3. The first-order chi connectivity index (χ1) is 21.7. The van der Waals surface area contributed by atoms with Crippen LogP contribution in [0.25, 0.3) is 11.1 Å². The molecule has 0 heterocycles. The molecule has 3 nitrogen and oxygen atoms in total. The predicted molar refractivity (Wildman–Crippen MR) is 190 cm³/mol. The Morgan fingerprint density at radius 2 is 1.05 bits per heavy atom. The summed E-state index contributed by atoms with van der Waals surface area (Å²) < 4.78 is 5.92.